The van der Waals surface area contributed by atoms with Gasteiger partial charge in [-0.05, 0) is 25.1 Å². The summed E-state index contributed by atoms with van der Waals surface area (Å²) in [4.78, 5) is 0. The number of hydrogen-bond donors (Lipinski definition) is 2. The van der Waals surface area contributed by atoms with Crippen molar-refractivity contribution in [3.63, 3.8) is 0 Å². The first kappa shape index (κ1) is 21.8. The van der Waals surface area contributed by atoms with Crippen LogP contribution in [0.25, 0.3) is 5.69 Å². The molecule has 1 atom stereocenters. The second-order valence-corrected chi connectivity index (χ2v) is 8.28. The molecule has 0 aliphatic carbocycles. The van der Waals surface area contributed by atoms with Crippen molar-refractivity contribution in [2.24, 2.45) is 5.92 Å². The zero-order valence-corrected chi connectivity index (χ0v) is 18.2. The molecule has 0 amide bonds. The second kappa shape index (κ2) is 9.08. The van der Waals surface area contributed by atoms with Gasteiger partial charge in [0.05, 0.1) is 35.8 Å². The van der Waals surface area contributed by atoms with Crippen LogP contribution >= 0.6 is 0 Å². The number of aryl methyl sites for hydroxylation is 1. The molecule has 33 heavy (non-hydrogen) atoms. The Bertz CT molecular complexity index is 1080. The Morgan fingerprint density at radius 1 is 1.12 bits per heavy atom. The molecule has 0 saturated carbocycles. The molecule has 5 rings (SSSR count). The molecule has 4 heterocycles. The average molecular weight is 457 g/mol. The second-order valence-electron chi connectivity index (χ2n) is 8.28. The molecule has 3 aromatic rings. The maximum atomic E-state index is 12.9. The number of nitrogens with zero attached hydrogens (tertiary/aromatic N) is 5. The van der Waals surface area contributed by atoms with Crippen molar-refractivity contribution in [1.82, 2.24) is 35.8 Å². The van der Waals surface area contributed by atoms with Crippen LogP contribution in [-0.4, -0.2) is 58.0 Å². The Labute approximate surface area is 189 Å². The fraction of sp³-hybridized carbons (Fsp3) is 0.455. The average Bonchev–Trinajstić information content (AvgIpc) is 3.17. The molecule has 174 valence electrons. The number of ether oxygens (including phenoxy) is 2. The van der Waals surface area contributed by atoms with Gasteiger partial charge in [-0.15, -0.1) is 15.3 Å². The molecule has 11 heteroatoms. The zero-order valence-electron chi connectivity index (χ0n) is 18.2. The topological polar surface area (TPSA) is 99.0 Å². The number of aromatic nitrogens is 5. The van der Waals surface area contributed by atoms with Gasteiger partial charge in [0.15, 0.2) is 0 Å². The summed E-state index contributed by atoms with van der Waals surface area (Å²) in [5, 5.41) is 24.0. The Morgan fingerprint density at radius 3 is 2.55 bits per heavy atom. The molecular formula is C22H25F2N7O2. The van der Waals surface area contributed by atoms with Crippen molar-refractivity contribution in [3.8, 4) is 11.6 Å². The number of benzene rings is 1. The van der Waals surface area contributed by atoms with E-state index in [-0.39, 0.29) is 17.7 Å². The number of halogens is 2. The van der Waals surface area contributed by atoms with Crippen LogP contribution in [0.2, 0.25) is 0 Å². The van der Waals surface area contributed by atoms with E-state index in [1.807, 2.05) is 13.0 Å². The Morgan fingerprint density at radius 2 is 1.94 bits per heavy atom. The minimum Gasteiger partial charge on any atom is -0.470 e. The molecule has 2 fully saturated rings. The van der Waals surface area contributed by atoms with Crippen molar-refractivity contribution in [2.45, 2.75) is 25.5 Å². The highest BCUT2D eigenvalue weighted by atomic mass is 19.3. The van der Waals surface area contributed by atoms with E-state index >= 15 is 0 Å². The lowest BCUT2D eigenvalue weighted by Gasteiger charge is -2.47. The normalized spacial score (nSPS) is 21.2. The van der Waals surface area contributed by atoms with Crippen molar-refractivity contribution in [2.75, 3.05) is 32.8 Å². The minimum atomic E-state index is -2.52. The number of rotatable bonds is 7. The third kappa shape index (κ3) is 4.19. The highest BCUT2D eigenvalue weighted by molar-refractivity contribution is 5.36. The van der Waals surface area contributed by atoms with E-state index < -0.39 is 6.43 Å². The number of piperazine rings is 1. The quantitative estimate of drug-likeness (QED) is 0.555. The van der Waals surface area contributed by atoms with Gasteiger partial charge in [0, 0.05) is 37.2 Å². The van der Waals surface area contributed by atoms with E-state index in [1.165, 1.54) is 12.1 Å². The summed E-state index contributed by atoms with van der Waals surface area (Å²) in [6.45, 7) is 5.90. The van der Waals surface area contributed by atoms with Crippen LogP contribution in [0.4, 0.5) is 8.78 Å². The van der Waals surface area contributed by atoms with E-state index in [2.05, 4.69) is 31.1 Å². The highest BCUT2D eigenvalue weighted by Crippen LogP contribution is 2.34. The molecule has 0 bridgehead atoms. The largest absolute Gasteiger partial charge is 0.470 e. The molecule has 2 aliphatic rings. The summed E-state index contributed by atoms with van der Waals surface area (Å²) >= 11 is 0. The summed E-state index contributed by atoms with van der Waals surface area (Å²) in [5.74, 6) is 0.716. The van der Waals surface area contributed by atoms with Crippen LogP contribution in [0.3, 0.4) is 0 Å². The van der Waals surface area contributed by atoms with E-state index in [0.717, 1.165) is 25.3 Å². The first-order valence-electron chi connectivity index (χ1n) is 10.9. The third-order valence-corrected chi connectivity index (χ3v) is 6.28. The Kier molecular flexibility index (Phi) is 6.00. The lowest BCUT2D eigenvalue weighted by atomic mass is 9.78. The van der Waals surface area contributed by atoms with Gasteiger partial charge in [0.1, 0.15) is 12.3 Å². The van der Waals surface area contributed by atoms with E-state index in [4.69, 9.17) is 9.47 Å². The Balaban J connectivity index is 1.31. The summed E-state index contributed by atoms with van der Waals surface area (Å²) in [5.41, 5.74) is 2.52. The van der Waals surface area contributed by atoms with Gasteiger partial charge < -0.3 is 20.1 Å². The SMILES string of the molecule is Cc1nnn(-c2ccc(C(F)F)cc2)c1COc1ccc([C@]2(C3COC3)CNCCN2)nn1. The summed E-state index contributed by atoms with van der Waals surface area (Å²) in [7, 11) is 0. The standard InChI is InChI=1S/C22H25F2N7O2/c1-14-18(31(30-27-14)17-4-2-15(3-5-17)21(23)24)12-33-20-7-6-19(28-29-20)22(16-10-32-11-16)13-25-8-9-26-22/h2-7,16,21,25-26H,8-13H2,1H3/t22-/m1/s1. The smallest absolute Gasteiger partial charge is 0.263 e. The molecule has 2 aliphatic heterocycles. The maximum Gasteiger partial charge on any atom is 0.263 e. The van der Waals surface area contributed by atoms with Gasteiger partial charge in [0.25, 0.3) is 6.43 Å². The first-order valence-corrected chi connectivity index (χ1v) is 10.9. The van der Waals surface area contributed by atoms with Crippen molar-refractivity contribution in [1.29, 1.82) is 0 Å². The van der Waals surface area contributed by atoms with Crippen LogP contribution in [0.5, 0.6) is 5.88 Å². The van der Waals surface area contributed by atoms with Crippen LogP contribution in [-0.2, 0) is 16.9 Å². The van der Waals surface area contributed by atoms with E-state index in [9.17, 15) is 8.78 Å². The van der Waals surface area contributed by atoms with E-state index in [0.29, 0.717) is 42.1 Å². The number of hydrogen-bond acceptors (Lipinski definition) is 8. The van der Waals surface area contributed by atoms with Crippen molar-refractivity contribution in [3.05, 3.63) is 59.0 Å². The zero-order chi connectivity index (χ0) is 22.8. The summed E-state index contributed by atoms with van der Waals surface area (Å²) in [6, 6.07) is 9.67. The van der Waals surface area contributed by atoms with Crippen LogP contribution < -0.4 is 15.4 Å². The van der Waals surface area contributed by atoms with Gasteiger partial charge in [-0.2, -0.15) is 0 Å². The van der Waals surface area contributed by atoms with Crippen LogP contribution in [0.1, 0.15) is 29.1 Å². The molecule has 2 saturated heterocycles. The van der Waals surface area contributed by atoms with Crippen LogP contribution in [0.15, 0.2) is 36.4 Å². The third-order valence-electron chi connectivity index (χ3n) is 6.28. The summed E-state index contributed by atoms with van der Waals surface area (Å²) in [6.07, 6.45) is -2.52. The molecule has 1 aromatic carbocycles. The van der Waals surface area contributed by atoms with E-state index in [1.54, 1.807) is 22.9 Å². The van der Waals surface area contributed by atoms with Gasteiger partial charge in [-0.1, -0.05) is 17.3 Å². The molecule has 9 nitrogen and oxygen atoms in total. The van der Waals surface area contributed by atoms with Crippen LogP contribution in [0, 0.1) is 12.8 Å². The highest BCUT2D eigenvalue weighted by Gasteiger charge is 2.46. The molecule has 0 unspecified atom stereocenters. The Hall–Kier alpha value is -3.02. The van der Waals surface area contributed by atoms with Crippen molar-refractivity contribution < 1.29 is 18.3 Å². The maximum absolute atomic E-state index is 12.9. The fourth-order valence-corrected chi connectivity index (χ4v) is 4.21. The predicted molar refractivity (Wildman–Crippen MR) is 114 cm³/mol. The predicted octanol–water partition coefficient (Wildman–Crippen LogP) is 1.92. The monoisotopic (exact) mass is 457 g/mol. The van der Waals surface area contributed by atoms with Gasteiger partial charge in [0.2, 0.25) is 5.88 Å². The lowest BCUT2D eigenvalue weighted by molar-refractivity contribution is -0.0860. The number of alkyl halides is 2. The fourth-order valence-electron chi connectivity index (χ4n) is 4.21. The number of nitrogens with one attached hydrogen (secondary N) is 2. The van der Waals surface area contributed by atoms with Crippen molar-refractivity contribution >= 4 is 0 Å². The van der Waals surface area contributed by atoms with Gasteiger partial charge >= 0.3 is 0 Å². The molecule has 0 spiro atoms. The minimum absolute atomic E-state index is 0.0439. The molecule has 0 radical (unpaired) electrons. The molecule has 2 N–H and O–H groups in total. The van der Waals surface area contributed by atoms with Gasteiger partial charge in [-0.3, -0.25) is 0 Å². The lowest BCUT2D eigenvalue weighted by Crippen LogP contribution is -2.65. The first-order chi connectivity index (χ1) is 16.1. The molecular weight excluding hydrogens is 432 g/mol. The summed E-state index contributed by atoms with van der Waals surface area (Å²) < 4.78 is 38.6. The van der Waals surface area contributed by atoms with Gasteiger partial charge in [-0.25, -0.2) is 13.5 Å². The molecule has 2 aromatic heterocycles.